The van der Waals surface area contributed by atoms with Gasteiger partial charge >= 0.3 is 0 Å². The SMILES string of the molecule is CCCCCCCCCC[SiH](CCc1ccccc1)OCC. The maximum atomic E-state index is 6.06. The number of benzene rings is 1. The Labute approximate surface area is 140 Å². The zero-order chi connectivity index (χ0) is 15.9. The van der Waals surface area contributed by atoms with Crippen molar-refractivity contribution in [2.24, 2.45) is 0 Å². The molecule has 0 aliphatic heterocycles. The Morgan fingerprint density at radius 2 is 1.41 bits per heavy atom. The quantitative estimate of drug-likeness (QED) is 0.296. The molecule has 0 amide bonds. The van der Waals surface area contributed by atoms with Crippen molar-refractivity contribution in [3.63, 3.8) is 0 Å². The van der Waals surface area contributed by atoms with Gasteiger partial charge in [0.2, 0.25) is 0 Å². The lowest BCUT2D eigenvalue weighted by Gasteiger charge is -2.15. The molecule has 2 heteroatoms. The van der Waals surface area contributed by atoms with Crippen LogP contribution < -0.4 is 0 Å². The van der Waals surface area contributed by atoms with E-state index in [4.69, 9.17) is 4.43 Å². The lowest BCUT2D eigenvalue weighted by molar-refractivity contribution is 0.339. The average Bonchev–Trinajstić information content (AvgIpc) is 2.56. The van der Waals surface area contributed by atoms with Gasteiger partial charge in [0.25, 0.3) is 0 Å². The van der Waals surface area contributed by atoms with Crippen molar-refractivity contribution in [1.82, 2.24) is 0 Å². The minimum absolute atomic E-state index is 0.905. The van der Waals surface area contributed by atoms with Gasteiger partial charge in [0.1, 0.15) is 0 Å². The molecule has 0 N–H and O–H groups in total. The molecule has 1 rings (SSSR count). The summed E-state index contributed by atoms with van der Waals surface area (Å²) >= 11 is 0. The minimum Gasteiger partial charge on any atom is -0.420 e. The molecule has 0 saturated carbocycles. The normalized spacial score (nSPS) is 12.5. The van der Waals surface area contributed by atoms with E-state index in [0.29, 0.717) is 0 Å². The molecule has 22 heavy (non-hydrogen) atoms. The third-order valence-corrected chi connectivity index (χ3v) is 7.17. The molecule has 1 atom stereocenters. The fraction of sp³-hybridized carbons (Fsp3) is 0.700. The number of hydrogen-bond donors (Lipinski definition) is 0. The second-order valence-electron chi connectivity index (χ2n) is 6.37. The van der Waals surface area contributed by atoms with Gasteiger partial charge in [0.15, 0.2) is 9.04 Å². The van der Waals surface area contributed by atoms with Crippen LogP contribution in [0.1, 0.15) is 70.8 Å². The molecular formula is C20H36OSi. The van der Waals surface area contributed by atoms with Crippen LogP contribution in [0.5, 0.6) is 0 Å². The maximum Gasteiger partial charge on any atom is 0.177 e. The zero-order valence-electron chi connectivity index (χ0n) is 14.9. The van der Waals surface area contributed by atoms with E-state index < -0.39 is 9.04 Å². The fourth-order valence-corrected chi connectivity index (χ4v) is 5.52. The van der Waals surface area contributed by atoms with Gasteiger partial charge in [-0.3, -0.25) is 0 Å². The van der Waals surface area contributed by atoms with Crippen molar-refractivity contribution in [3.05, 3.63) is 35.9 Å². The van der Waals surface area contributed by atoms with E-state index in [1.165, 1.54) is 75.4 Å². The highest BCUT2D eigenvalue weighted by molar-refractivity contribution is 6.51. The topological polar surface area (TPSA) is 9.23 Å². The summed E-state index contributed by atoms with van der Waals surface area (Å²) < 4.78 is 6.06. The molecular weight excluding hydrogens is 284 g/mol. The Balaban J connectivity index is 2.08. The highest BCUT2D eigenvalue weighted by Crippen LogP contribution is 2.15. The third kappa shape index (κ3) is 10.2. The van der Waals surface area contributed by atoms with Gasteiger partial charge in [-0.05, 0) is 31.0 Å². The van der Waals surface area contributed by atoms with Gasteiger partial charge in [0.05, 0.1) is 0 Å². The van der Waals surface area contributed by atoms with Crippen LogP contribution in [0.25, 0.3) is 0 Å². The molecule has 126 valence electrons. The fourth-order valence-electron chi connectivity index (χ4n) is 3.02. The van der Waals surface area contributed by atoms with Gasteiger partial charge in [-0.2, -0.15) is 0 Å². The van der Waals surface area contributed by atoms with Crippen molar-refractivity contribution < 1.29 is 4.43 Å². The monoisotopic (exact) mass is 320 g/mol. The highest BCUT2D eigenvalue weighted by atomic mass is 28.3. The molecule has 1 aromatic rings. The van der Waals surface area contributed by atoms with Crippen molar-refractivity contribution in [1.29, 1.82) is 0 Å². The first kappa shape index (κ1) is 19.4. The highest BCUT2D eigenvalue weighted by Gasteiger charge is 2.11. The summed E-state index contributed by atoms with van der Waals surface area (Å²) in [6.07, 6.45) is 12.5. The Kier molecular flexibility index (Phi) is 12.4. The number of rotatable bonds is 14. The minimum atomic E-state index is -0.974. The van der Waals surface area contributed by atoms with Crippen LogP contribution in [0, 0.1) is 0 Å². The second-order valence-corrected chi connectivity index (χ2v) is 9.10. The smallest absolute Gasteiger partial charge is 0.177 e. The first-order valence-corrected chi connectivity index (χ1v) is 11.6. The van der Waals surface area contributed by atoms with Crippen LogP contribution in [-0.2, 0) is 10.8 Å². The van der Waals surface area contributed by atoms with Crippen LogP contribution in [0.3, 0.4) is 0 Å². The first-order valence-electron chi connectivity index (χ1n) is 9.52. The summed E-state index contributed by atoms with van der Waals surface area (Å²) in [5.74, 6) is 0. The van der Waals surface area contributed by atoms with Crippen LogP contribution in [-0.4, -0.2) is 15.6 Å². The van der Waals surface area contributed by atoms with Crippen molar-refractivity contribution in [2.75, 3.05) is 6.61 Å². The Hall–Kier alpha value is -0.603. The molecule has 0 spiro atoms. The molecule has 1 unspecified atom stereocenters. The van der Waals surface area contributed by atoms with E-state index in [1.807, 2.05) is 0 Å². The molecule has 0 heterocycles. The maximum absolute atomic E-state index is 6.06. The predicted molar refractivity (Wildman–Crippen MR) is 101 cm³/mol. The zero-order valence-corrected chi connectivity index (χ0v) is 16.0. The van der Waals surface area contributed by atoms with E-state index in [-0.39, 0.29) is 0 Å². The lowest BCUT2D eigenvalue weighted by atomic mass is 10.1. The van der Waals surface area contributed by atoms with E-state index in [1.54, 1.807) is 0 Å². The molecule has 0 fully saturated rings. The van der Waals surface area contributed by atoms with Crippen LogP contribution in [0.2, 0.25) is 12.1 Å². The van der Waals surface area contributed by atoms with Gasteiger partial charge in [-0.1, -0.05) is 88.6 Å². The van der Waals surface area contributed by atoms with Crippen LogP contribution >= 0.6 is 0 Å². The summed E-state index contributed by atoms with van der Waals surface area (Å²) in [4.78, 5) is 0. The molecule has 0 aromatic heterocycles. The largest absolute Gasteiger partial charge is 0.420 e. The summed E-state index contributed by atoms with van der Waals surface area (Å²) in [5.41, 5.74) is 1.47. The van der Waals surface area contributed by atoms with Gasteiger partial charge in [-0.25, -0.2) is 0 Å². The third-order valence-electron chi connectivity index (χ3n) is 4.38. The molecule has 1 nitrogen and oxygen atoms in total. The first-order chi connectivity index (χ1) is 10.9. The summed E-state index contributed by atoms with van der Waals surface area (Å²) in [7, 11) is -0.974. The Morgan fingerprint density at radius 3 is 2.05 bits per heavy atom. The summed E-state index contributed by atoms with van der Waals surface area (Å²) in [6.45, 7) is 5.34. The van der Waals surface area contributed by atoms with Gasteiger partial charge < -0.3 is 4.43 Å². The number of aryl methyl sites for hydroxylation is 1. The Bertz CT molecular complexity index is 339. The predicted octanol–water partition coefficient (Wildman–Crippen LogP) is 6.13. The molecule has 0 aliphatic rings. The molecule has 1 aromatic carbocycles. The summed E-state index contributed by atoms with van der Waals surface area (Å²) in [6, 6.07) is 13.5. The van der Waals surface area contributed by atoms with Crippen LogP contribution in [0.15, 0.2) is 30.3 Å². The molecule has 0 bridgehead atoms. The number of unbranched alkanes of at least 4 members (excludes halogenated alkanes) is 7. The molecule has 0 radical (unpaired) electrons. The van der Waals surface area contributed by atoms with Gasteiger partial charge in [0, 0.05) is 6.61 Å². The summed E-state index contributed by atoms with van der Waals surface area (Å²) in [5, 5.41) is 0. The van der Waals surface area contributed by atoms with Crippen LogP contribution in [0.4, 0.5) is 0 Å². The van der Waals surface area contributed by atoms with E-state index in [0.717, 1.165) is 6.61 Å². The van der Waals surface area contributed by atoms with E-state index >= 15 is 0 Å². The van der Waals surface area contributed by atoms with E-state index in [9.17, 15) is 0 Å². The standard InChI is InChI=1S/C20H36OSi/c1-3-5-6-7-8-9-10-14-18-22(21-4-2)19-17-20-15-12-11-13-16-20/h11-13,15-16,22H,3-10,14,17-19H2,1-2H3. The van der Waals surface area contributed by atoms with E-state index in [2.05, 4.69) is 44.2 Å². The number of hydrogen-bond acceptors (Lipinski definition) is 1. The van der Waals surface area contributed by atoms with Crippen molar-refractivity contribution in [3.8, 4) is 0 Å². The second kappa shape index (κ2) is 14.0. The molecule has 0 saturated heterocycles. The van der Waals surface area contributed by atoms with Crippen molar-refractivity contribution in [2.45, 2.75) is 83.7 Å². The average molecular weight is 321 g/mol. The molecule has 0 aliphatic carbocycles. The van der Waals surface area contributed by atoms with Gasteiger partial charge in [-0.15, -0.1) is 0 Å². The lowest BCUT2D eigenvalue weighted by Crippen LogP contribution is -2.18. The Morgan fingerprint density at radius 1 is 0.773 bits per heavy atom. The van der Waals surface area contributed by atoms with Crippen molar-refractivity contribution >= 4 is 9.04 Å².